The Labute approximate surface area is 107 Å². The average molecular weight is 262 g/mol. The van der Waals surface area contributed by atoms with Crippen molar-refractivity contribution in [2.24, 2.45) is 0 Å². The fourth-order valence-electron chi connectivity index (χ4n) is 1.92. The van der Waals surface area contributed by atoms with Crippen LogP contribution in [-0.2, 0) is 0 Å². The molecule has 0 bridgehead atoms. The van der Waals surface area contributed by atoms with E-state index in [1.165, 1.54) is 0 Å². The summed E-state index contributed by atoms with van der Waals surface area (Å²) in [6.07, 6.45) is 0.879. The third kappa shape index (κ3) is 1.68. The maximum atomic E-state index is 11.3. The molecule has 1 N–H and O–H groups in total. The SMILES string of the molecule is O=Cc1c(-c2cccs2)[nH]c2ccc(Cl)cc12. The molecule has 2 aromatic heterocycles. The van der Waals surface area contributed by atoms with Gasteiger partial charge in [0.05, 0.1) is 10.6 Å². The number of nitrogens with one attached hydrogen (secondary N) is 1. The highest BCUT2D eigenvalue weighted by Gasteiger charge is 2.13. The lowest BCUT2D eigenvalue weighted by atomic mass is 10.1. The van der Waals surface area contributed by atoms with Gasteiger partial charge in [0, 0.05) is 21.5 Å². The van der Waals surface area contributed by atoms with Crippen molar-refractivity contribution in [3.63, 3.8) is 0 Å². The predicted octanol–water partition coefficient (Wildman–Crippen LogP) is 4.36. The van der Waals surface area contributed by atoms with E-state index in [1.54, 1.807) is 11.3 Å². The Balaban J connectivity index is 2.36. The van der Waals surface area contributed by atoms with Crippen molar-refractivity contribution in [2.75, 3.05) is 0 Å². The van der Waals surface area contributed by atoms with E-state index in [1.807, 2.05) is 35.7 Å². The Morgan fingerprint density at radius 2 is 2.18 bits per heavy atom. The third-order valence-corrected chi connectivity index (χ3v) is 3.81. The number of aldehydes is 1. The molecule has 0 aliphatic rings. The van der Waals surface area contributed by atoms with Gasteiger partial charge in [0.25, 0.3) is 0 Å². The monoisotopic (exact) mass is 261 g/mol. The lowest BCUT2D eigenvalue weighted by molar-refractivity contribution is 0.112. The number of aromatic nitrogens is 1. The summed E-state index contributed by atoms with van der Waals surface area (Å²) >= 11 is 7.56. The normalized spacial score (nSPS) is 10.9. The van der Waals surface area contributed by atoms with E-state index in [-0.39, 0.29) is 0 Å². The molecule has 3 aromatic rings. The summed E-state index contributed by atoms with van der Waals surface area (Å²) in [6.45, 7) is 0. The average Bonchev–Trinajstić information content (AvgIpc) is 2.94. The zero-order valence-electron chi connectivity index (χ0n) is 8.74. The van der Waals surface area contributed by atoms with Crippen LogP contribution >= 0.6 is 22.9 Å². The maximum absolute atomic E-state index is 11.3. The summed E-state index contributed by atoms with van der Waals surface area (Å²) in [4.78, 5) is 15.6. The fraction of sp³-hybridized carbons (Fsp3) is 0. The van der Waals surface area contributed by atoms with Gasteiger partial charge >= 0.3 is 0 Å². The third-order valence-electron chi connectivity index (χ3n) is 2.69. The second-order valence-corrected chi connectivity index (χ2v) is 5.08. The number of H-pyrrole nitrogens is 1. The molecule has 0 unspecified atom stereocenters. The Hall–Kier alpha value is -1.58. The van der Waals surface area contributed by atoms with Crippen LogP contribution in [0.15, 0.2) is 35.7 Å². The van der Waals surface area contributed by atoms with Crippen LogP contribution in [0.2, 0.25) is 5.02 Å². The number of benzene rings is 1. The van der Waals surface area contributed by atoms with E-state index in [4.69, 9.17) is 11.6 Å². The molecule has 2 heterocycles. The minimum Gasteiger partial charge on any atom is -0.353 e. The zero-order chi connectivity index (χ0) is 11.8. The van der Waals surface area contributed by atoms with Gasteiger partial charge in [-0.15, -0.1) is 11.3 Å². The minimum atomic E-state index is 0.636. The van der Waals surface area contributed by atoms with Crippen molar-refractivity contribution in [3.8, 4) is 10.6 Å². The van der Waals surface area contributed by atoms with Gasteiger partial charge in [0.2, 0.25) is 0 Å². The van der Waals surface area contributed by atoms with Gasteiger partial charge in [0.15, 0.2) is 6.29 Å². The molecule has 84 valence electrons. The highest BCUT2D eigenvalue weighted by molar-refractivity contribution is 7.13. The van der Waals surface area contributed by atoms with E-state index < -0.39 is 0 Å². The van der Waals surface area contributed by atoms with Gasteiger partial charge in [-0.2, -0.15) is 0 Å². The molecular formula is C13H8ClNOS. The molecule has 0 radical (unpaired) electrons. The molecule has 0 aliphatic carbocycles. The Kier molecular flexibility index (Phi) is 2.50. The number of hydrogen-bond acceptors (Lipinski definition) is 2. The second-order valence-electron chi connectivity index (χ2n) is 3.70. The minimum absolute atomic E-state index is 0.636. The molecule has 0 atom stereocenters. The molecule has 0 saturated heterocycles. The number of rotatable bonds is 2. The summed E-state index contributed by atoms with van der Waals surface area (Å²) < 4.78 is 0. The molecule has 0 saturated carbocycles. The topological polar surface area (TPSA) is 32.9 Å². The van der Waals surface area contributed by atoms with Crippen molar-refractivity contribution < 1.29 is 4.79 Å². The highest BCUT2D eigenvalue weighted by Crippen LogP contribution is 2.32. The largest absolute Gasteiger partial charge is 0.353 e. The van der Waals surface area contributed by atoms with Crippen LogP contribution in [0.25, 0.3) is 21.5 Å². The van der Waals surface area contributed by atoms with Gasteiger partial charge in [-0.1, -0.05) is 17.7 Å². The van der Waals surface area contributed by atoms with E-state index in [9.17, 15) is 4.79 Å². The molecule has 3 rings (SSSR count). The number of carbonyl (C=O) groups is 1. The van der Waals surface area contributed by atoms with Gasteiger partial charge in [-0.3, -0.25) is 4.79 Å². The van der Waals surface area contributed by atoms with Crippen molar-refractivity contribution >= 4 is 40.1 Å². The molecule has 0 fully saturated rings. The zero-order valence-corrected chi connectivity index (χ0v) is 10.3. The smallest absolute Gasteiger partial charge is 0.152 e. The number of fused-ring (bicyclic) bond motifs is 1. The lowest BCUT2D eigenvalue weighted by Gasteiger charge is -1.93. The summed E-state index contributed by atoms with van der Waals surface area (Å²) in [5, 5.41) is 3.50. The van der Waals surface area contributed by atoms with Gasteiger partial charge in [-0.25, -0.2) is 0 Å². The number of hydrogen-bond donors (Lipinski definition) is 1. The van der Waals surface area contributed by atoms with Crippen LogP contribution in [0.3, 0.4) is 0 Å². The molecule has 1 aromatic carbocycles. The molecule has 17 heavy (non-hydrogen) atoms. The predicted molar refractivity (Wildman–Crippen MR) is 72.0 cm³/mol. The first-order valence-corrected chi connectivity index (χ1v) is 6.35. The van der Waals surface area contributed by atoms with E-state index in [2.05, 4.69) is 4.98 Å². The van der Waals surface area contributed by atoms with Crippen LogP contribution in [0.5, 0.6) is 0 Å². The number of halogens is 1. The molecule has 0 spiro atoms. The number of carbonyl (C=O) groups excluding carboxylic acids is 1. The molecular weight excluding hydrogens is 254 g/mol. The second kappa shape index (κ2) is 4.02. The standard InChI is InChI=1S/C13H8ClNOS/c14-8-3-4-11-9(6-8)10(7-16)13(15-11)12-2-1-5-17-12/h1-7,15H. The summed E-state index contributed by atoms with van der Waals surface area (Å²) in [5.41, 5.74) is 2.47. The molecule has 0 aliphatic heterocycles. The summed E-state index contributed by atoms with van der Waals surface area (Å²) in [5.74, 6) is 0. The fourth-order valence-corrected chi connectivity index (χ4v) is 2.83. The van der Waals surface area contributed by atoms with Crippen molar-refractivity contribution in [1.82, 2.24) is 4.98 Å². The summed E-state index contributed by atoms with van der Waals surface area (Å²) in [6, 6.07) is 9.47. The number of thiophene rings is 1. The first kappa shape index (κ1) is 10.6. The Bertz CT molecular complexity index is 685. The van der Waals surface area contributed by atoms with Crippen LogP contribution in [0.1, 0.15) is 10.4 Å². The van der Waals surface area contributed by atoms with Gasteiger partial charge < -0.3 is 4.98 Å². The molecule has 4 heteroatoms. The van der Waals surface area contributed by atoms with Crippen molar-refractivity contribution in [3.05, 3.63) is 46.3 Å². The van der Waals surface area contributed by atoms with E-state index in [0.717, 1.165) is 27.8 Å². The Morgan fingerprint density at radius 3 is 2.88 bits per heavy atom. The Morgan fingerprint density at radius 1 is 1.29 bits per heavy atom. The van der Waals surface area contributed by atoms with E-state index in [0.29, 0.717) is 10.6 Å². The van der Waals surface area contributed by atoms with Crippen molar-refractivity contribution in [1.29, 1.82) is 0 Å². The quantitative estimate of drug-likeness (QED) is 0.683. The molecule has 2 nitrogen and oxygen atoms in total. The van der Waals surface area contributed by atoms with E-state index >= 15 is 0 Å². The highest BCUT2D eigenvalue weighted by atomic mass is 35.5. The lowest BCUT2D eigenvalue weighted by Crippen LogP contribution is -1.80. The first-order chi connectivity index (χ1) is 8.29. The van der Waals surface area contributed by atoms with Crippen LogP contribution in [-0.4, -0.2) is 11.3 Å². The summed E-state index contributed by atoms with van der Waals surface area (Å²) in [7, 11) is 0. The van der Waals surface area contributed by atoms with Crippen LogP contribution in [0, 0.1) is 0 Å². The number of aromatic amines is 1. The van der Waals surface area contributed by atoms with Crippen LogP contribution in [0.4, 0.5) is 0 Å². The molecule has 0 amide bonds. The van der Waals surface area contributed by atoms with Crippen LogP contribution < -0.4 is 0 Å². The van der Waals surface area contributed by atoms with Gasteiger partial charge in [0.1, 0.15) is 0 Å². The van der Waals surface area contributed by atoms with Gasteiger partial charge in [-0.05, 0) is 29.6 Å². The van der Waals surface area contributed by atoms with Crippen molar-refractivity contribution in [2.45, 2.75) is 0 Å². The maximum Gasteiger partial charge on any atom is 0.152 e. The first-order valence-electron chi connectivity index (χ1n) is 5.10.